The number of hydrogen-bond acceptors (Lipinski definition) is 4. The van der Waals surface area contributed by atoms with Gasteiger partial charge in [-0.05, 0) is 19.1 Å². The first kappa shape index (κ1) is 12.0. The Bertz CT molecular complexity index is 395. The monoisotopic (exact) mass is 240 g/mol. The molecule has 17 heavy (non-hydrogen) atoms. The third-order valence-electron chi connectivity index (χ3n) is 2.65. The van der Waals surface area contributed by atoms with Crippen molar-refractivity contribution in [1.82, 2.24) is 0 Å². The van der Waals surface area contributed by atoms with Crippen molar-refractivity contribution >= 4 is 5.97 Å². The molecule has 2 rings (SSSR count). The molecule has 0 saturated carbocycles. The zero-order valence-electron chi connectivity index (χ0n) is 9.25. The second-order valence-electron chi connectivity index (χ2n) is 3.91. The van der Waals surface area contributed by atoms with Crippen LogP contribution in [0.1, 0.15) is 17.3 Å². The van der Waals surface area contributed by atoms with E-state index in [0.717, 1.165) is 0 Å². The summed E-state index contributed by atoms with van der Waals surface area (Å²) in [5, 5.41) is 9.39. The van der Waals surface area contributed by atoms with Crippen LogP contribution in [0.4, 0.5) is 4.39 Å². The molecule has 1 N–H and O–H groups in total. The van der Waals surface area contributed by atoms with Gasteiger partial charge in [-0.25, -0.2) is 9.18 Å². The smallest absolute Gasteiger partial charge is 0.338 e. The molecule has 1 aliphatic rings. The summed E-state index contributed by atoms with van der Waals surface area (Å²) in [5.74, 6) is -0.671. The summed E-state index contributed by atoms with van der Waals surface area (Å²) < 4.78 is 23.3. The normalized spacial score (nSPS) is 32.4. The maximum Gasteiger partial charge on any atom is 0.338 e. The molecule has 1 heterocycles. The van der Waals surface area contributed by atoms with Gasteiger partial charge in [0.1, 0.15) is 0 Å². The number of ether oxygens (including phenoxy) is 2. The van der Waals surface area contributed by atoms with E-state index in [1.807, 2.05) is 0 Å². The molecule has 1 fully saturated rings. The van der Waals surface area contributed by atoms with Gasteiger partial charge in [-0.15, -0.1) is 0 Å². The maximum atomic E-state index is 13.5. The number of benzene rings is 1. The Morgan fingerprint density at radius 3 is 2.59 bits per heavy atom. The number of alkyl halides is 1. The predicted octanol–water partition coefficient (Wildman–Crippen LogP) is 1.29. The molecule has 1 saturated heterocycles. The fourth-order valence-electron chi connectivity index (χ4n) is 1.69. The van der Waals surface area contributed by atoms with Gasteiger partial charge in [0, 0.05) is 0 Å². The number of esters is 1. The Morgan fingerprint density at radius 2 is 2.06 bits per heavy atom. The van der Waals surface area contributed by atoms with Crippen LogP contribution in [-0.4, -0.2) is 35.7 Å². The average molecular weight is 240 g/mol. The Labute approximate surface area is 98.0 Å². The molecule has 4 nitrogen and oxygen atoms in total. The minimum absolute atomic E-state index is 0.312. The van der Waals surface area contributed by atoms with Crippen LogP contribution in [0.5, 0.6) is 0 Å². The van der Waals surface area contributed by atoms with E-state index in [0.29, 0.717) is 5.56 Å². The van der Waals surface area contributed by atoms with Gasteiger partial charge in [-0.2, -0.15) is 0 Å². The maximum absolute atomic E-state index is 13.5. The Hall–Kier alpha value is -1.46. The van der Waals surface area contributed by atoms with Crippen LogP contribution in [0.2, 0.25) is 0 Å². The molecule has 1 aromatic rings. The van der Waals surface area contributed by atoms with Crippen LogP contribution in [-0.2, 0) is 9.47 Å². The lowest BCUT2D eigenvalue weighted by Gasteiger charge is -2.15. The molecule has 4 atom stereocenters. The molecule has 1 aromatic carbocycles. The molecule has 0 unspecified atom stereocenters. The number of rotatable bonds is 2. The van der Waals surface area contributed by atoms with Crippen LogP contribution in [0.25, 0.3) is 0 Å². The fourth-order valence-corrected chi connectivity index (χ4v) is 1.69. The van der Waals surface area contributed by atoms with Gasteiger partial charge in [0.05, 0.1) is 11.7 Å². The SMILES string of the molecule is C[C@H]1O[C@H](O)[C@H](OC(=O)c2ccccc2)[C@@H]1F. The van der Waals surface area contributed by atoms with Crippen LogP contribution in [0, 0.1) is 0 Å². The van der Waals surface area contributed by atoms with Crippen LogP contribution in [0.3, 0.4) is 0 Å². The highest BCUT2D eigenvalue weighted by atomic mass is 19.1. The molecule has 0 aromatic heterocycles. The van der Waals surface area contributed by atoms with Crippen molar-refractivity contribution in [2.24, 2.45) is 0 Å². The molecule has 92 valence electrons. The summed E-state index contributed by atoms with van der Waals surface area (Å²) in [6, 6.07) is 8.22. The van der Waals surface area contributed by atoms with E-state index in [4.69, 9.17) is 9.47 Å². The standard InChI is InChI=1S/C12H13FO4/c1-7-9(13)10(12(15)16-7)17-11(14)8-5-3-2-4-6-8/h2-7,9-10,12,15H,1H3/t7-,9-,10-,12+/m1/s1. The van der Waals surface area contributed by atoms with Gasteiger partial charge in [-0.1, -0.05) is 18.2 Å². The van der Waals surface area contributed by atoms with Crippen molar-refractivity contribution < 1.29 is 23.8 Å². The number of aliphatic hydroxyl groups excluding tert-OH is 1. The van der Waals surface area contributed by atoms with Crippen molar-refractivity contribution in [3.63, 3.8) is 0 Å². The van der Waals surface area contributed by atoms with Gasteiger partial charge in [-0.3, -0.25) is 0 Å². The first-order valence-corrected chi connectivity index (χ1v) is 5.33. The molecule has 0 radical (unpaired) electrons. The number of halogens is 1. The second kappa shape index (κ2) is 4.81. The number of hydrogen-bond donors (Lipinski definition) is 1. The van der Waals surface area contributed by atoms with Crippen molar-refractivity contribution in [1.29, 1.82) is 0 Å². The first-order valence-electron chi connectivity index (χ1n) is 5.33. The number of aliphatic hydroxyl groups is 1. The highest BCUT2D eigenvalue weighted by molar-refractivity contribution is 5.89. The molecular formula is C12H13FO4. The average Bonchev–Trinajstić information content (AvgIpc) is 2.57. The highest BCUT2D eigenvalue weighted by Crippen LogP contribution is 2.25. The lowest BCUT2D eigenvalue weighted by atomic mass is 10.2. The Balaban J connectivity index is 2.04. The summed E-state index contributed by atoms with van der Waals surface area (Å²) in [5.41, 5.74) is 0.312. The summed E-state index contributed by atoms with van der Waals surface area (Å²) in [4.78, 5) is 11.6. The van der Waals surface area contributed by atoms with Crippen LogP contribution >= 0.6 is 0 Å². The zero-order valence-corrected chi connectivity index (χ0v) is 9.25. The molecule has 1 aliphatic heterocycles. The first-order chi connectivity index (χ1) is 8.09. The third kappa shape index (κ3) is 2.45. The van der Waals surface area contributed by atoms with Gasteiger partial charge < -0.3 is 14.6 Å². The van der Waals surface area contributed by atoms with E-state index < -0.39 is 30.6 Å². The number of carbonyl (C=O) groups excluding carboxylic acids is 1. The second-order valence-corrected chi connectivity index (χ2v) is 3.91. The summed E-state index contributed by atoms with van der Waals surface area (Å²) in [6.45, 7) is 1.48. The van der Waals surface area contributed by atoms with Gasteiger partial charge in [0.2, 0.25) is 0 Å². The van der Waals surface area contributed by atoms with Crippen molar-refractivity contribution in [2.75, 3.05) is 0 Å². The largest absolute Gasteiger partial charge is 0.450 e. The summed E-state index contributed by atoms with van der Waals surface area (Å²) in [7, 11) is 0. The predicted molar refractivity (Wildman–Crippen MR) is 57.1 cm³/mol. The summed E-state index contributed by atoms with van der Waals surface area (Å²) >= 11 is 0. The lowest BCUT2D eigenvalue weighted by molar-refractivity contribution is -0.127. The molecule has 0 bridgehead atoms. The van der Waals surface area contributed by atoms with Crippen molar-refractivity contribution in [2.45, 2.75) is 31.6 Å². The lowest BCUT2D eigenvalue weighted by Crippen LogP contribution is -2.34. The van der Waals surface area contributed by atoms with E-state index in [1.54, 1.807) is 30.3 Å². The van der Waals surface area contributed by atoms with E-state index in [2.05, 4.69) is 0 Å². The minimum Gasteiger partial charge on any atom is -0.450 e. The van der Waals surface area contributed by atoms with Crippen LogP contribution in [0.15, 0.2) is 30.3 Å². The highest BCUT2D eigenvalue weighted by Gasteiger charge is 2.44. The van der Waals surface area contributed by atoms with Gasteiger partial charge >= 0.3 is 5.97 Å². The Kier molecular flexibility index (Phi) is 3.40. The van der Waals surface area contributed by atoms with Gasteiger partial charge in [0.15, 0.2) is 18.6 Å². The fraction of sp³-hybridized carbons (Fsp3) is 0.417. The van der Waals surface area contributed by atoms with Crippen LogP contribution < -0.4 is 0 Å². The molecule has 5 heteroatoms. The van der Waals surface area contributed by atoms with Crippen molar-refractivity contribution in [3.05, 3.63) is 35.9 Å². The van der Waals surface area contributed by atoms with E-state index in [1.165, 1.54) is 6.92 Å². The van der Waals surface area contributed by atoms with E-state index in [9.17, 15) is 14.3 Å². The molecule has 0 aliphatic carbocycles. The minimum atomic E-state index is -1.52. The number of carbonyl (C=O) groups is 1. The summed E-state index contributed by atoms with van der Waals surface area (Å²) in [6.07, 6.45) is -4.97. The zero-order chi connectivity index (χ0) is 12.4. The molecule has 0 spiro atoms. The molecular weight excluding hydrogens is 227 g/mol. The van der Waals surface area contributed by atoms with E-state index in [-0.39, 0.29) is 0 Å². The third-order valence-corrected chi connectivity index (χ3v) is 2.65. The quantitative estimate of drug-likeness (QED) is 0.791. The Morgan fingerprint density at radius 1 is 1.41 bits per heavy atom. The van der Waals surface area contributed by atoms with E-state index >= 15 is 0 Å². The molecule has 0 amide bonds. The van der Waals surface area contributed by atoms with Crippen molar-refractivity contribution in [3.8, 4) is 0 Å². The topological polar surface area (TPSA) is 55.8 Å². The van der Waals surface area contributed by atoms with Gasteiger partial charge in [0.25, 0.3) is 0 Å².